The standard InChI is InChI=1S/C23H25N3O4S/c1-4-17-19(15(3)30-25-17)21(27)24-22-18(23(28)26-10-12-29-13-11-26)14(2)20(31-22)16-8-6-5-7-9-16/h5-9H,4,10-13H2,1-3H3,(H,24,27). The first kappa shape index (κ1) is 21.3. The number of carbonyl (C=O) groups excluding carboxylic acids is 2. The van der Waals surface area contributed by atoms with E-state index in [9.17, 15) is 9.59 Å². The Kier molecular flexibility index (Phi) is 6.20. The van der Waals surface area contributed by atoms with Crippen LogP contribution in [0.2, 0.25) is 0 Å². The summed E-state index contributed by atoms with van der Waals surface area (Å²) in [6.07, 6.45) is 0.582. The summed E-state index contributed by atoms with van der Waals surface area (Å²) in [7, 11) is 0. The fourth-order valence-corrected chi connectivity index (χ4v) is 4.96. The number of hydrogen-bond acceptors (Lipinski definition) is 6. The Morgan fingerprint density at radius 3 is 2.52 bits per heavy atom. The average molecular weight is 440 g/mol. The second-order valence-electron chi connectivity index (χ2n) is 7.40. The summed E-state index contributed by atoms with van der Waals surface area (Å²) in [5, 5.41) is 7.50. The van der Waals surface area contributed by atoms with Gasteiger partial charge in [-0.3, -0.25) is 9.59 Å². The van der Waals surface area contributed by atoms with Crippen molar-refractivity contribution in [2.24, 2.45) is 0 Å². The molecule has 162 valence electrons. The van der Waals surface area contributed by atoms with Crippen LogP contribution in [-0.4, -0.2) is 48.2 Å². The van der Waals surface area contributed by atoms with Crippen molar-refractivity contribution in [3.05, 3.63) is 58.5 Å². The number of ether oxygens (including phenoxy) is 1. The van der Waals surface area contributed by atoms with E-state index in [4.69, 9.17) is 9.26 Å². The zero-order valence-electron chi connectivity index (χ0n) is 17.9. The predicted molar refractivity (Wildman–Crippen MR) is 120 cm³/mol. The Morgan fingerprint density at radius 1 is 1.13 bits per heavy atom. The van der Waals surface area contributed by atoms with Gasteiger partial charge in [0.2, 0.25) is 0 Å². The Hall–Kier alpha value is -2.97. The lowest BCUT2D eigenvalue weighted by molar-refractivity contribution is 0.0303. The van der Waals surface area contributed by atoms with Gasteiger partial charge >= 0.3 is 0 Å². The highest BCUT2D eigenvalue weighted by Gasteiger charge is 2.29. The van der Waals surface area contributed by atoms with Crippen LogP contribution in [0.15, 0.2) is 34.9 Å². The summed E-state index contributed by atoms with van der Waals surface area (Å²) >= 11 is 1.41. The predicted octanol–water partition coefficient (Wildman–Crippen LogP) is 4.31. The number of benzene rings is 1. The molecule has 0 bridgehead atoms. The summed E-state index contributed by atoms with van der Waals surface area (Å²) in [5.74, 6) is 0.0618. The fraction of sp³-hybridized carbons (Fsp3) is 0.348. The highest BCUT2D eigenvalue weighted by molar-refractivity contribution is 7.20. The molecule has 0 atom stereocenters. The Morgan fingerprint density at radius 2 is 1.84 bits per heavy atom. The molecule has 1 aliphatic heterocycles. The first-order chi connectivity index (χ1) is 15.0. The number of hydrogen-bond donors (Lipinski definition) is 1. The lowest BCUT2D eigenvalue weighted by Crippen LogP contribution is -2.41. The molecule has 3 aromatic rings. The molecule has 4 rings (SSSR count). The van der Waals surface area contributed by atoms with Gasteiger partial charge in [-0.15, -0.1) is 11.3 Å². The van der Waals surface area contributed by atoms with Crippen LogP contribution >= 0.6 is 11.3 Å². The minimum Gasteiger partial charge on any atom is -0.378 e. The van der Waals surface area contributed by atoms with Gasteiger partial charge in [-0.2, -0.15) is 0 Å². The number of rotatable bonds is 5. The minimum atomic E-state index is -0.313. The molecule has 0 spiro atoms. The van der Waals surface area contributed by atoms with Crippen molar-refractivity contribution in [1.82, 2.24) is 10.1 Å². The van der Waals surface area contributed by atoms with Crippen LogP contribution in [0, 0.1) is 13.8 Å². The van der Waals surface area contributed by atoms with E-state index in [-0.39, 0.29) is 11.8 Å². The van der Waals surface area contributed by atoms with Crippen LogP contribution in [-0.2, 0) is 11.2 Å². The molecular weight excluding hydrogens is 414 g/mol. The van der Waals surface area contributed by atoms with Crippen molar-refractivity contribution in [3.63, 3.8) is 0 Å². The SMILES string of the molecule is CCc1noc(C)c1C(=O)Nc1sc(-c2ccccc2)c(C)c1C(=O)N1CCOCC1. The highest BCUT2D eigenvalue weighted by Crippen LogP contribution is 2.41. The van der Waals surface area contributed by atoms with Crippen LogP contribution in [0.4, 0.5) is 5.00 Å². The van der Waals surface area contributed by atoms with E-state index >= 15 is 0 Å². The van der Waals surface area contributed by atoms with Gasteiger partial charge in [0, 0.05) is 18.0 Å². The van der Waals surface area contributed by atoms with Crippen molar-refractivity contribution < 1.29 is 18.8 Å². The number of aryl methyl sites for hydroxylation is 2. The quantitative estimate of drug-likeness (QED) is 0.640. The van der Waals surface area contributed by atoms with Crippen molar-refractivity contribution >= 4 is 28.2 Å². The molecule has 3 heterocycles. The van der Waals surface area contributed by atoms with Crippen molar-refractivity contribution in [2.45, 2.75) is 27.2 Å². The zero-order valence-corrected chi connectivity index (χ0v) is 18.7. The molecule has 7 nitrogen and oxygen atoms in total. The van der Waals surface area contributed by atoms with Gasteiger partial charge in [0.25, 0.3) is 11.8 Å². The van der Waals surface area contributed by atoms with Crippen molar-refractivity contribution in [2.75, 3.05) is 31.6 Å². The second kappa shape index (κ2) is 9.03. The summed E-state index contributed by atoms with van der Waals surface area (Å²) < 4.78 is 10.6. The number of amides is 2. The number of nitrogens with one attached hydrogen (secondary N) is 1. The van der Waals surface area contributed by atoms with Gasteiger partial charge in [0.1, 0.15) is 16.3 Å². The first-order valence-electron chi connectivity index (χ1n) is 10.3. The third-order valence-corrected chi connectivity index (χ3v) is 6.67. The molecule has 1 N–H and O–H groups in total. The Labute approximate surface area is 185 Å². The zero-order chi connectivity index (χ0) is 22.0. The van der Waals surface area contributed by atoms with Gasteiger partial charge in [0.15, 0.2) is 0 Å². The van der Waals surface area contributed by atoms with E-state index in [0.29, 0.717) is 60.3 Å². The second-order valence-corrected chi connectivity index (χ2v) is 8.42. The monoisotopic (exact) mass is 439 g/mol. The molecular formula is C23H25N3O4S. The van der Waals surface area contributed by atoms with Crippen molar-refractivity contribution in [1.29, 1.82) is 0 Å². The molecule has 8 heteroatoms. The molecule has 0 radical (unpaired) electrons. The number of morpholine rings is 1. The van der Waals surface area contributed by atoms with E-state index in [1.165, 1.54) is 11.3 Å². The summed E-state index contributed by atoms with van der Waals surface area (Å²) in [6.45, 7) is 7.67. The van der Waals surface area contributed by atoms with E-state index in [1.807, 2.05) is 44.2 Å². The number of nitrogens with zero attached hydrogens (tertiary/aromatic N) is 2. The Bertz CT molecular complexity index is 1100. The Balaban J connectivity index is 1.75. The summed E-state index contributed by atoms with van der Waals surface area (Å²) in [4.78, 5) is 29.3. The van der Waals surface area contributed by atoms with E-state index in [2.05, 4.69) is 10.5 Å². The molecule has 0 saturated carbocycles. The van der Waals surface area contributed by atoms with Gasteiger partial charge in [-0.05, 0) is 31.4 Å². The minimum absolute atomic E-state index is 0.0905. The molecule has 2 aromatic heterocycles. The van der Waals surface area contributed by atoms with Crippen LogP contribution in [0.1, 0.15) is 44.7 Å². The molecule has 1 saturated heterocycles. The van der Waals surface area contributed by atoms with Crippen LogP contribution in [0.5, 0.6) is 0 Å². The maximum atomic E-state index is 13.4. The van der Waals surface area contributed by atoms with Crippen LogP contribution in [0.25, 0.3) is 10.4 Å². The summed E-state index contributed by atoms with van der Waals surface area (Å²) in [6, 6.07) is 9.89. The smallest absolute Gasteiger partial charge is 0.261 e. The van der Waals surface area contributed by atoms with E-state index < -0.39 is 0 Å². The lowest BCUT2D eigenvalue weighted by Gasteiger charge is -2.27. The average Bonchev–Trinajstić information content (AvgIpc) is 3.33. The third kappa shape index (κ3) is 4.13. The number of aromatic nitrogens is 1. The van der Waals surface area contributed by atoms with Gasteiger partial charge < -0.3 is 19.5 Å². The lowest BCUT2D eigenvalue weighted by atomic mass is 10.1. The number of anilines is 1. The molecule has 0 aliphatic carbocycles. The first-order valence-corrected chi connectivity index (χ1v) is 11.1. The summed E-state index contributed by atoms with van der Waals surface area (Å²) in [5.41, 5.74) is 3.44. The highest BCUT2D eigenvalue weighted by atomic mass is 32.1. The largest absolute Gasteiger partial charge is 0.378 e. The molecule has 0 unspecified atom stereocenters. The van der Waals surface area contributed by atoms with Crippen LogP contribution in [0.3, 0.4) is 0 Å². The maximum absolute atomic E-state index is 13.4. The molecule has 1 aliphatic rings. The van der Waals surface area contributed by atoms with E-state index in [1.54, 1.807) is 11.8 Å². The normalized spacial score (nSPS) is 14.0. The van der Waals surface area contributed by atoms with Gasteiger partial charge in [-0.1, -0.05) is 42.4 Å². The molecule has 1 fully saturated rings. The van der Waals surface area contributed by atoms with Gasteiger partial charge in [0.05, 0.1) is 24.5 Å². The van der Waals surface area contributed by atoms with Gasteiger partial charge in [-0.25, -0.2) is 0 Å². The topological polar surface area (TPSA) is 84.7 Å². The fourth-order valence-electron chi connectivity index (χ4n) is 3.76. The third-order valence-electron chi connectivity index (χ3n) is 5.42. The van der Waals surface area contributed by atoms with Crippen LogP contribution < -0.4 is 5.32 Å². The molecule has 2 amide bonds. The van der Waals surface area contributed by atoms with E-state index in [0.717, 1.165) is 16.0 Å². The maximum Gasteiger partial charge on any atom is 0.261 e. The number of thiophene rings is 1. The molecule has 31 heavy (non-hydrogen) atoms. The molecule has 1 aromatic carbocycles. The number of carbonyl (C=O) groups is 2. The van der Waals surface area contributed by atoms with Crippen molar-refractivity contribution in [3.8, 4) is 10.4 Å².